The van der Waals surface area contributed by atoms with Crippen molar-refractivity contribution < 1.29 is 0 Å². The minimum Gasteiger partial charge on any atom is -0.352 e. The minimum absolute atomic E-state index is 0.0781. The topological polar surface area (TPSA) is 21.5 Å². The van der Waals surface area contributed by atoms with Crippen molar-refractivity contribution in [2.24, 2.45) is 5.41 Å². The number of allylic oxidation sites excluding steroid dienone is 2. The number of nitrogens with zero attached hydrogens (tertiary/aromatic N) is 3. The van der Waals surface area contributed by atoms with Gasteiger partial charge in [-0.05, 0) is 40.5 Å². The van der Waals surface area contributed by atoms with E-state index >= 15 is 0 Å². The Labute approximate surface area is 148 Å². The second-order valence-corrected chi connectivity index (χ2v) is 9.10. The van der Waals surface area contributed by atoms with Gasteiger partial charge in [-0.15, -0.1) is 0 Å². The van der Waals surface area contributed by atoms with Gasteiger partial charge in [0.2, 0.25) is 5.79 Å². The Balaban J connectivity index is 1.98. The summed E-state index contributed by atoms with van der Waals surface area (Å²) in [4.78, 5) is 7.77. The smallest absolute Gasteiger partial charge is 0.235 e. The Morgan fingerprint density at radius 2 is 1.83 bits per heavy atom. The number of rotatable bonds is 5. The van der Waals surface area contributed by atoms with Crippen LogP contribution in [0.1, 0.15) is 74.7 Å². The van der Waals surface area contributed by atoms with Crippen LogP contribution in [0.5, 0.6) is 0 Å². The van der Waals surface area contributed by atoms with Gasteiger partial charge in [0.15, 0.2) is 0 Å². The largest absolute Gasteiger partial charge is 0.352 e. The van der Waals surface area contributed by atoms with Crippen LogP contribution in [0.15, 0.2) is 23.3 Å². The van der Waals surface area contributed by atoms with Gasteiger partial charge in [0, 0.05) is 35.1 Å². The molecular formula is C20H36N4. The van der Waals surface area contributed by atoms with Crippen molar-refractivity contribution in [1.82, 2.24) is 20.0 Å². The monoisotopic (exact) mass is 332 g/mol. The number of fused-ring (bicyclic) bond motifs is 3. The summed E-state index contributed by atoms with van der Waals surface area (Å²) in [6.45, 7) is 19.6. The first-order valence-corrected chi connectivity index (χ1v) is 9.71. The number of unbranched alkanes of at least 4 members (excludes halogenated alkanes) is 1. The van der Waals surface area contributed by atoms with E-state index in [2.05, 4.69) is 81.6 Å². The zero-order valence-electron chi connectivity index (χ0n) is 16.9. The second-order valence-electron chi connectivity index (χ2n) is 9.10. The van der Waals surface area contributed by atoms with Gasteiger partial charge in [0.05, 0.1) is 6.67 Å². The minimum atomic E-state index is -0.0781. The van der Waals surface area contributed by atoms with Crippen molar-refractivity contribution in [3.05, 3.63) is 23.3 Å². The maximum absolute atomic E-state index is 3.77. The lowest BCUT2D eigenvalue weighted by Crippen LogP contribution is -2.52. The molecule has 1 unspecified atom stereocenters. The summed E-state index contributed by atoms with van der Waals surface area (Å²) in [7, 11) is 0. The molecule has 1 N–H and O–H groups in total. The van der Waals surface area contributed by atoms with E-state index in [1.165, 1.54) is 36.4 Å². The summed E-state index contributed by atoms with van der Waals surface area (Å²) >= 11 is 0. The van der Waals surface area contributed by atoms with Crippen LogP contribution >= 0.6 is 0 Å². The zero-order valence-corrected chi connectivity index (χ0v) is 16.9. The molecule has 0 aliphatic carbocycles. The van der Waals surface area contributed by atoms with Crippen molar-refractivity contribution in [2.45, 2.75) is 92.5 Å². The normalized spacial score (nSPS) is 26.1. The van der Waals surface area contributed by atoms with Gasteiger partial charge < -0.3 is 20.0 Å². The van der Waals surface area contributed by atoms with Gasteiger partial charge in [-0.1, -0.05) is 34.1 Å². The molecule has 3 heterocycles. The first-order chi connectivity index (χ1) is 11.2. The lowest BCUT2D eigenvalue weighted by Gasteiger charge is -2.40. The summed E-state index contributed by atoms with van der Waals surface area (Å²) in [5, 5.41) is 3.77. The number of nitrogens with one attached hydrogen (secondary N) is 1. The molecule has 1 saturated heterocycles. The Hall–Kier alpha value is -1.32. The fourth-order valence-corrected chi connectivity index (χ4v) is 4.49. The van der Waals surface area contributed by atoms with Gasteiger partial charge in [-0.2, -0.15) is 0 Å². The molecule has 0 aromatic carbocycles. The van der Waals surface area contributed by atoms with Crippen LogP contribution < -0.4 is 5.32 Å². The number of hydrogen-bond donors (Lipinski definition) is 1. The van der Waals surface area contributed by atoms with Crippen molar-refractivity contribution in [3.8, 4) is 0 Å². The first-order valence-electron chi connectivity index (χ1n) is 9.71. The van der Waals surface area contributed by atoms with Crippen molar-refractivity contribution in [2.75, 3.05) is 6.67 Å². The van der Waals surface area contributed by atoms with E-state index in [0.717, 1.165) is 6.67 Å². The molecular weight excluding hydrogens is 296 g/mol. The molecule has 0 saturated carbocycles. The fraction of sp³-hybridized carbons (Fsp3) is 0.800. The van der Waals surface area contributed by atoms with Crippen LogP contribution in [-0.2, 0) is 0 Å². The maximum atomic E-state index is 3.77. The Morgan fingerprint density at radius 1 is 1.17 bits per heavy atom. The van der Waals surface area contributed by atoms with E-state index in [4.69, 9.17) is 0 Å². The molecule has 136 valence electrons. The van der Waals surface area contributed by atoms with Gasteiger partial charge in [-0.3, -0.25) is 0 Å². The van der Waals surface area contributed by atoms with Crippen LogP contribution in [-0.4, -0.2) is 39.2 Å². The van der Waals surface area contributed by atoms with Crippen LogP contribution in [0, 0.1) is 5.41 Å². The van der Waals surface area contributed by atoms with Gasteiger partial charge in [0.25, 0.3) is 0 Å². The Kier molecular flexibility index (Phi) is 4.09. The highest BCUT2D eigenvalue weighted by atomic mass is 15.7. The van der Waals surface area contributed by atoms with E-state index in [0.29, 0.717) is 12.1 Å². The molecule has 0 amide bonds. The van der Waals surface area contributed by atoms with E-state index in [-0.39, 0.29) is 11.2 Å². The van der Waals surface area contributed by atoms with E-state index in [1.807, 2.05) is 0 Å². The predicted molar refractivity (Wildman–Crippen MR) is 101 cm³/mol. The lowest BCUT2D eigenvalue weighted by molar-refractivity contribution is 0.0881. The summed E-state index contributed by atoms with van der Waals surface area (Å²) in [5.74, 6) is -0.0781. The number of hydrogen-bond acceptors (Lipinski definition) is 4. The predicted octanol–water partition coefficient (Wildman–Crippen LogP) is 4.24. The average Bonchev–Trinajstić information content (AvgIpc) is 2.82. The molecule has 24 heavy (non-hydrogen) atoms. The standard InChI is InChI=1S/C20H36N4/c1-9-10-11-16-12-21-20(24(16)15(4)5)18-17(19(6,7)8)22(14(2)3)13-23(18)20/h12,14-15,21H,9-11,13H2,1-8H3. The fourth-order valence-electron chi connectivity index (χ4n) is 4.49. The summed E-state index contributed by atoms with van der Waals surface area (Å²) < 4.78 is 0. The highest BCUT2D eigenvalue weighted by Crippen LogP contribution is 2.59. The molecule has 0 bridgehead atoms. The highest BCUT2D eigenvalue weighted by Gasteiger charge is 2.70. The van der Waals surface area contributed by atoms with Crippen LogP contribution in [0.25, 0.3) is 0 Å². The molecule has 1 spiro atoms. The van der Waals surface area contributed by atoms with E-state index in [9.17, 15) is 0 Å². The summed E-state index contributed by atoms with van der Waals surface area (Å²) in [6, 6.07) is 1.04. The molecule has 4 nitrogen and oxygen atoms in total. The van der Waals surface area contributed by atoms with Crippen LogP contribution in [0.2, 0.25) is 0 Å². The van der Waals surface area contributed by atoms with Gasteiger partial charge >= 0.3 is 0 Å². The lowest BCUT2D eigenvalue weighted by atomic mass is 9.89. The molecule has 3 aliphatic rings. The SMILES string of the molecule is CCCCC1=CNC2(C3=C(C(C)(C)C)N(C(C)C)CN32)N1C(C)C. The van der Waals surface area contributed by atoms with Crippen LogP contribution in [0.3, 0.4) is 0 Å². The molecule has 3 rings (SSSR count). The third-order valence-corrected chi connectivity index (χ3v) is 5.48. The van der Waals surface area contributed by atoms with Gasteiger partial charge in [-0.25, -0.2) is 0 Å². The quantitative estimate of drug-likeness (QED) is 0.760. The molecule has 1 atom stereocenters. The molecule has 3 aliphatic heterocycles. The molecule has 1 fully saturated rings. The molecule has 4 heteroatoms. The summed E-state index contributed by atoms with van der Waals surface area (Å²) in [5.41, 5.74) is 4.65. The molecule has 0 aromatic heterocycles. The van der Waals surface area contributed by atoms with E-state index < -0.39 is 0 Å². The highest BCUT2D eigenvalue weighted by molar-refractivity contribution is 5.49. The second kappa shape index (κ2) is 5.60. The van der Waals surface area contributed by atoms with Gasteiger partial charge in [0.1, 0.15) is 5.70 Å². The van der Waals surface area contributed by atoms with Crippen molar-refractivity contribution >= 4 is 0 Å². The van der Waals surface area contributed by atoms with E-state index in [1.54, 1.807) is 0 Å². The molecule has 0 radical (unpaired) electrons. The maximum Gasteiger partial charge on any atom is 0.235 e. The Morgan fingerprint density at radius 3 is 2.33 bits per heavy atom. The Bertz CT molecular complexity index is 567. The van der Waals surface area contributed by atoms with Crippen molar-refractivity contribution in [1.29, 1.82) is 0 Å². The third-order valence-electron chi connectivity index (χ3n) is 5.48. The molecule has 0 aromatic rings. The van der Waals surface area contributed by atoms with Crippen LogP contribution in [0.4, 0.5) is 0 Å². The zero-order chi connectivity index (χ0) is 17.9. The third kappa shape index (κ3) is 2.33. The first kappa shape index (κ1) is 17.5. The van der Waals surface area contributed by atoms with Crippen molar-refractivity contribution in [3.63, 3.8) is 0 Å². The average molecular weight is 333 g/mol. The summed E-state index contributed by atoms with van der Waals surface area (Å²) in [6.07, 6.45) is 5.96.